The Bertz CT molecular complexity index is 973. The Hall–Kier alpha value is -2.25. The number of aryl methyl sites for hydroxylation is 1. The Morgan fingerprint density at radius 2 is 2.05 bits per heavy atom. The van der Waals surface area contributed by atoms with Crippen LogP contribution in [0.1, 0.15) is 11.3 Å². The molecule has 1 aliphatic heterocycles. The highest BCUT2D eigenvalue weighted by Gasteiger charge is 2.22. The second kappa shape index (κ2) is 5.19. The average molecular weight is 318 g/mol. The lowest BCUT2D eigenvalue weighted by Crippen LogP contribution is -2.29. The summed E-state index contributed by atoms with van der Waals surface area (Å²) in [6.45, 7) is 2.00. The van der Waals surface area contributed by atoms with Crippen LogP contribution in [-0.2, 0) is 21.4 Å². The van der Waals surface area contributed by atoms with Crippen LogP contribution < -0.4 is 10.6 Å². The molecule has 1 aromatic heterocycles. The van der Waals surface area contributed by atoms with Gasteiger partial charge in [0.25, 0.3) is 5.91 Å². The Kier molecular flexibility index (Phi) is 3.46. The largest absolute Gasteiger partial charge is 0.469 e. The maximum Gasteiger partial charge on any atom is 0.270 e. The van der Waals surface area contributed by atoms with E-state index < -0.39 is 10.0 Å². The number of sulfonamides is 1. The van der Waals surface area contributed by atoms with Gasteiger partial charge in [0.05, 0.1) is 16.5 Å². The van der Waals surface area contributed by atoms with Gasteiger partial charge in [-0.25, -0.2) is 13.4 Å². The standard InChI is InChI=1S/C15H14N2O4S/c1-10-11(5-6-21-10)9-17(2)22(19,20)13-3-4-14-12(7-13)8-15(18)16-14/h3-8H,9H2,1-2H3. The number of carbonyl (C=O) groups is 1. The maximum atomic E-state index is 12.6. The van der Waals surface area contributed by atoms with E-state index in [1.165, 1.54) is 35.8 Å². The van der Waals surface area contributed by atoms with Crippen LogP contribution in [-0.4, -0.2) is 25.7 Å². The summed E-state index contributed by atoms with van der Waals surface area (Å²) in [4.78, 5) is 15.2. The quantitative estimate of drug-likeness (QED) is 0.815. The van der Waals surface area contributed by atoms with Crippen LogP contribution >= 0.6 is 0 Å². The second-order valence-electron chi connectivity index (χ2n) is 5.08. The lowest BCUT2D eigenvalue weighted by Gasteiger charge is -2.16. The minimum absolute atomic E-state index is 0.135. The molecule has 0 atom stereocenters. The van der Waals surface area contributed by atoms with Crippen molar-refractivity contribution in [3.63, 3.8) is 0 Å². The summed E-state index contributed by atoms with van der Waals surface area (Å²) < 4.78 is 31.7. The van der Waals surface area contributed by atoms with Crippen LogP contribution in [0.2, 0.25) is 0 Å². The van der Waals surface area contributed by atoms with Gasteiger partial charge in [0.2, 0.25) is 10.0 Å². The van der Waals surface area contributed by atoms with Crippen molar-refractivity contribution in [1.82, 2.24) is 4.31 Å². The average Bonchev–Trinajstić information content (AvgIpc) is 3.03. The number of rotatable bonds is 4. The molecule has 0 bridgehead atoms. The zero-order valence-corrected chi connectivity index (χ0v) is 12.9. The first-order valence-electron chi connectivity index (χ1n) is 6.62. The van der Waals surface area contributed by atoms with Gasteiger partial charge in [-0.1, -0.05) is 0 Å². The van der Waals surface area contributed by atoms with E-state index in [1.807, 2.05) is 0 Å². The molecule has 3 rings (SSSR count). The molecule has 114 valence electrons. The van der Waals surface area contributed by atoms with E-state index in [2.05, 4.69) is 4.99 Å². The molecule has 0 radical (unpaired) electrons. The van der Waals surface area contributed by atoms with Gasteiger partial charge in [0.1, 0.15) is 5.76 Å². The number of hydrogen-bond acceptors (Lipinski definition) is 4. The fourth-order valence-corrected chi connectivity index (χ4v) is 3.46. The smallest absolute Gasteiger partial charge is 0.270 e. The van der Waals surface area contributed by atoms with E-state index in [9.17, 15) is 13.2 Å². The highest BCUT2D eigenvalue weighted by atomic mass is 32.2. The Balaban J connectivity index is 1.96. The number of hydrogen-bond donors (Lipinski definition) is 0. The third-order valence-corrected chi connectivity index (χ3v) is 5.38. The second-order valence-corrected chi connectivity index (χ2v) is 7.12. The number of fused-ring (bicyclic) bond motifs is 1. The number of furan rings is 1. The van der Waals surface area contributed by atoms with Crippen molar-refractivity contribution in [2.45, 2.75) is 18.4 Å². The van der Waals surface area contributed by atoms with Gasteiger partial charge in [-0.05, 0) is 31.2 Å². The van der Waals surface area contributed by atoms with Crippen LogP contribution in [0.3, 0.4) is 0 Å². The van der Waals surface area contributed by atoms with Gasteiger partial charge in [0.15, 0.2) is 0 Å². The highest BCUT2D eigenvalue weighted by molar-refractivity contribution is 7.89. The van der Waals surface area contributed by atoms with E-state index in [-0.39, 0.29) is 17.3 Å². The third kappa shape index (κ3) is 2.49. The van der Waals surface area contributed by atoms with E-state index in [0.717, 1.165) is 5.56 Å². The first kappa shape index (κ1) is 14.7. The third-order valence-electron chi connectivity index (χ3n) is 3.58. The van der Waals surface area contributed by atoms with Crippen molar-refractivity contribution in [3.05, 3.63) is 52.4 Å². The van der Waals surface area contributed by atoms with Crippen LogP contribution in [0.15, 0.2) is 44.8 Å². The van der Waals surface area contributed by atoms with Gasteiger partial charge in [0, 0.05) is 30.5 Å². The molecule has 1 aliphatic rings. The summed E-state index contributed by atoms with van der Waals surface area (Å²) in [6, 6.07) is 6.22. The van der Waals surface area contributed by atoms with Crippen molar-refractivity contribution in [2.75, 3.05) is 7.05 Å². The lowest BCUT2D eigenvalue weighted by molar-refractivity contribution is -0.112. The highest BCUT2D eigenvalue weighted by Crippen LogP contribution is 2.17. The zero-order valence-electron chi connectivity index (χ0n) is 12.1. The summed E-state index contributed by atoms with van der Waals surface area (Å²) >= 11 is 0. The molecule has 0 spiro atoms. The number of carbonyl (C=O) groups excluding carboxylic acids is 1. The SMILES string of the molecule is Cc1occc1CN(C)S(=O)(=O)c1ccc2c(c1)=CC(=O)N=2. The van der Waals surface area contributed by atoms with Crippen LogP contribution in [0.25, 0.3) is 6.08 Å². The molecule has 2 aromatic rings. The van der Waals surface area contributed by atoms with Gasteiger partial charge >= 0.3 is 0 Å². The Morgan fingerprint density at radius 3 is 2.73 bits per heavy atom. The van der Waals surface area contributed by atoms with Crippen LogP contribution in [0, 0.1) is 6.92 Å². The van der Waals surface area contributed by atoms with E-state index in [1.54, 1.807) is 19.1 Å². The fraction of sp³-hybridized carbons (Fsp3) is 0.200. The van der Waals surface area contributed by atoms with Crippen molar-refractivity contribution < 1.29 is 17.6 Å². The lowest BCUT2D eigenvalue weighted by atomic mass is 10.3. The molecule has 0 unspecified atom stereocenters. The molecule has 0 aliphatic carbocycles. The van der Waals surface area contributed by atoms with Crippen molar-refractivity contribution in [2.24, 2.45) is 4.99 Å². The van der Waals surface area contributed by atoms with Crippen molar-refractivity contribution >= 4 is 22.0 Å². The van der Waals surface area contributed by atoms with Gasteiger partial charge < -0.3 is 4.42 Å². The number of nitrogens with zero attached hydrogens (tertiary/aromatic N) is 2. The van der Waals surface area contributed by atoms with E-state index in [4.69, 9.17) is 4.42 Å². The summed E-state index contributed by atoms with van der Waals surface area (Å²) in [5.41, 5.74) is 0.809. The summed E-state index contributed by atoms with van der Waals surface area (Å²) in [7, 11) is -2.14. The van der Waals surface area contributed by atoms with Crippen molar-refractivity contribution in [1.29, 1.82) is 0 Å². The van der Waals surface area contributed by atoms with Crippen molar-refractivity contribution in [3.8, 4) is 0 Å². The molecule has 6 nitrogen and oxygen atoms in total. The number of amides is 1. The Labute approximate surface area is 127 Å². The molecular formula is C15H14N2O4S. The van der Waals surface area contributed by atoms with Gasteiger partial charge in [-0.15, -0.1) is 0 Å². The van der Waals surface area contributed by atoms with E-state index >= 15 is 0 Å². The maximum absolute atomic E-state index is 12.6. The molecule has 0 N–H and O–H groups in total. The van der Waals surface area contributed by atoms with Gasteiger partial charge in [-0.3, -0.25) is 4.79 Å². The fourth-order valence-electron chi connectivity index (χ4n) is 2.27. The molecule has 7 heteroatoms. The molecular weight excluding hydrogens is 304 g/mol. The monoisotopic (exact) mass is 318 g/mol. The minimum atomic E-state index is -3.65. The zero-order chi connectivity index (χ0) is 15.9. The predicted octanol–water partition coefficient (Wildman–Crippen LogP) is 0.349. The molecule has 1 amide bonds. The topological polar surface area (TPSA) is 80.0 Å². The Morgan fingerprint density at radius 1 is 1.27 bits per heavy atom. The summed E-state index contributed by atoms with van der Waals surface area (Å²) in [6.07, 6.45) is 2.86. The molecule has 22 heavy (non-hydrogen) atoms. The first-order valence-corrected chi connectivity index (χ1v) is 8.06. The molecule has 0 fully saturated rings. The number of benzene rings is 1. The molecule has 0 saturated heterocycles. The molecule has 2 heterocycles. The van der Waals surface area contributed by atoms with Crippen LogP contribution in [0.4, 0.5) is 0 Å². The molecule has 1 aromatic carbocycles. The predicted molar refractivity (Wildman–Crippen MR) is 78.8 cm³/mol. The molecule has 0 saturated carbocycles. The minimum Gasteiger partial charge on any atom is -0.469 e. The summed E-state index contributed by atoms with van der Waals surface area (Å²) in [5, 5.41) is 1.02. The van der Waals surface area contributed by atoms with Crippen LogP contribution in [0.5, 0.6) is 0 Å². The normalized spacial score (nSPS) is 13.9. The summed E-state index contributed by atoms with van der Waals surface area (Å²) in [5.74, 6) is 0.320. The van der Waals surface area contributed by atoms with E-state index in [0.29, 0.717) is 16.3 Å². The first-order chi connectivity index (χ1) is 10.4. The van der Waals surface area contributed by atoms with Gasteiger partial charge in [-0.2, -0.15) is 4.31 Å².